The zero-order valence-electron chi connectivity index (χ0n) is 12.5. The van der Waals surface area contributed by atoms with Crippen molar-refractivity contribution in [2.24, 2.45) is 0 Å². The molecule has 21 heavy (non-hydrogen) atoms. The molecule has 1 saturated heterocycles. The molecule has 3 nitrogen and oxygen atoms in total. The van der Waals surface area contributed by atoms with E-state index in [1.807, 2.05) is 52.0 Å². The number of nitrogens with zero attached hydrogens (tertiary/aromatic N) is 1. The van der Waals surface area contributed by atoms with Gasteiger partial charge in [-0.25, -0.2) is 9.37 Å². The molecule has 0 bridgehead atoms. The van der Waals surface area contributed by atoms with Crippen molar-refractivity contribution in [3.05, 3.63) is 35.0 Å². The monoisotopic (exact) mass is 305 g/mol. The van der Waals surface area contributed by atoms with E-state index < -0.39 is 24.0 Å². The SMILES string of the molecule is CC1(C)OB(C(F)=Cc2nc3ccccc3s2)OC1(C)C. The molecule has 0 unspecified atom stereocenters. The fourth-order valence-corrected chi connectivity index (χ4v) is 3.00. The van der Waals surface area contributed by atoms with Gasteiger partial charge < -0.3 is 9.31 Å². The fraction of sp³-hybridized carbons (Fsp3) is 0.400. The standard InChI is InChI=1S/C15H17BFNO2S/c1-14(2)15(3,4)20-16(19-14)12(17)9-13-18-10-7-5-6-8-11(10)21-13/h5-9H,1-4H3. The number of aromatic nitrogens is 1. The van der Waals surface area contributed by atoms with Gasteiger partial charge >= 0.3 is 7.12 Å². The molecule has 0 N–H and O–H groups in total. The molecule has 2 aromatic rings. The second-order valence-corrected chi connectivity index (χ2v) is 7.20. The Balaban J connectivity index is 1.87. The first-order valence-corrected chi connectivity index (χ1v) is 7.68. The van der Waals surface area contributed by atoms with Crippen LogP contribution in [-0.2, 0) is 9.31 Å². The van der Waals surface area contributed by atoms with Gasteiger partial charge in [-0.05, 0) is 39.8 Å². The smallest absolute Gasteiger partial charge is 0.398 e. The lowest BCUT2D eigenvalue weighted by Gasteiger charge is -2.32. The van der Waals surface area contributed by atoms with Gasteiger partial charge in [0.25, 0.3) is 0 Å². The van der Waals surface area contributed by atoms with Gasteiger partial charge in [-0.15, -0.1) is 11.3 Å². The Hall–Kier alpha value is -1.24. The molecule has 1 aliphatic heterocycles. The van der Waals surface area contributed by atoms with Gasteiger partial charge in [0.15, 0.2) is 0 Å². The number of para-hydroxylation sites is 1. The molecule has 3 rings (SSSR count). The second-order valence-electron chi connectivity index (χ2n) is 6.14. The number of benzene rings is 1. The lowest BCUT2D eigenvalue weighted by atomic mass is 9.88. The molecule has 1 fully saturated rings. The molecule has 2 heterocycles. The summed E-state index contributed by atoms with van der Waals surface area (Å²) in [6.45, 7) is 7.60. The highest BCUT2D eigenvalue weighted by molar-refractivity contribution is 7.19. The molecule has 0 atom stereocenters. The molecule has 0 aliphatic carbocycles. The van der Waals surface area contributed by atoms with Gasteiger partial charge in [-0.3, -0.25) is 0 Å². The van der Waals surface area contributed by atoms with Crippen LogP contribution in [0.1, 0.15) is 32.7 Å². The minimum Gasteiger partial charge on any atom is -0.398 e. The highest BCUT2D eigenvalue weighted by Gasteiger charge is 2.53. The van der Waals surface area contributed by atoms with Crippen molar-refractivity contribution in [1.29, 1.82) is 0 Å². The van der Waals surface area contributed by atoms with Crippen molar-refractivity contribution >= 4 is 34.7 Å². The van der Waals surface area contributed by atoms with Gasteiger partial charge in [0.05, 0.1) is 21.4 Å². The zero-order chi connectivity index (χ0) is 15.3. The summed E-state index contributed by atoms with van der Waals surface area (Å²) in [4.78, 5) is 4.39. The minimum absolute atomic E-state index is 0.451. The number of fused-ring (bicyclic) bond motifs is 1. The number of hydrogen-bond acceptors (Lipinski definition) is 4. The summed E-state index contributed by atoms with van der Waals surface area (Å²) in [7, 11) is -0.970. The largest absolute Gasteiger partial charge is 0.525 e. The van der Waals surface area contributed by atoms with E-state index in [-0.39, 0.29) is 0 Å². The Kier molecular flexibility index (Phi) is 3.43. The van der Waals surface area contributed by atoms with Crippen molar-refractivity contribution in [3.8, 4) is 0 Å². The van der Waals surface area contributed by atoms with Crippen LogP contribution in [0.15, 0.2) is 30.0 Å². The van der Waals surface area contributed by atoms with Crippen molar-refractivity contribution in [3.63, 3.8) is 0 Å². The minimum atomic E-state index is -0.970. The van der Waals surface area contributed by atoms with Crippen LogP contribution in [-0.4, -0.2) is 23.3 Å². The Morgan fingerprint density at radius 3 is 2.43 bits per heavy atom. The summed E-state index contributed by atoms with van der Waals surface area (Å²) in [5, 5.41) is 0.614. The van der Waals surface area contributed by atoms with Crippen LogP contribution in [0.2, 0.25) is 0 Å². The lowest BCUT2D eigenvalue weighted by molar-refractivity contribution is 0.00578. The normalized spacial score (nSPS) is 21.2. The van der Waals surface area contributed by atoms with Crippen molar-refractivity contribution in [2.45, 2.75) is 38.9 Å². The van der Waals surface area contributed by atoms with E-state index >= 15 is 0 Å². The summed E-state index contributed by atoms with van der Waals surface area (Å²) in [5.41, 5.74) is -0.671. The maximum atomic E-state index is 14.4. The van der Waals surface area contributed by atoms with Gasteiger partial charge in [-0.1, -0.05) is 12.1 Å². The Bertz CT molecular complexity index is 662. The van der Waals surface area contributed by atoms with E-state index in [9.17, 15) is 4.39 Å². The van der Waals surface area contributed by atoms with E-state index in [1.54, 1.807) is 0 Å². The van der Waals surface area contributed by atoms with Crippen LogP contribution in [0.5, 0.6) is 0 Å². The predicted octanol–water partition coefficient (Wildman–Crippen LogP) is 4.24. The summed E-state index contributed by atoms with van der Waals surface area (Å²) in [6, 6.07) is 7.74. The van der Waals surface area contributed by atoms with Gasteiger partial charge in [0.1, 0.15) is 10.7 Å². The average molecular weight is 305 g/mol. The summed E-state index contributed by atoms with van der Waals surface area (Å²) >= 11 is 1.45. The molecule has 1 aliphatic rings. The van der Waals surface area contributed by atoms with Crippen LogP contribution in [0.3, 0.4) is 0 Å². The number of thiazole rings is 1. The van der Waals surface area contributed by atoms with E-state index in [1.165, 1.54) is 17.4 Å². The van der Waals surface area contributed by atoms with E-state index in [4.69, 9.17) is 9.31 Å². The van der Waals surface area contributed by atoms with Crippen molar-refractivity contribution in [2.75, 3.05) is 0 Å². The predicted molar refractivity (Wildman–Crippen MR) is 84.8 cm³/mol. The van der Waals surface area contributed by atoms with Crippen molar-refractivity contribution in [1.82, 2.24) is 4.98 Å². The third-order valence-corrected chi connectivity index (χ3v) is 5.03. The maximum Gasteiger partial charge on any atom is 0.525 e. The topological polar surface area (TPSA) is 31.4 Å². The summed E-state index contributed by atoms with van der Waals surface area (Å²) < 4.78 is 26.8. The fourth-order valence-electron chi connectivity index (χ4n) is 2.09. The Labute approximate surface area is 127 Å². The lowest BCUT2D eigenvalue weighted by Crippen LogP contribution is -2.41. The first-order chi connectivity index (χ1) is 9.78. The highest BCUT2D eigenvalue weighted by atomic mass is 32.1. The molecule has 1 aromatic carbocycles. The second kappa shape index (κ2) is 4.90. The Morgan fingerprint density at radius 2 is 1.81 bits per heavy atom. The van der Waals surface area contributed by atoms with Crippen LogP contribution in [0.4, 0.5) is 4.39 Å². The summed E-state index contributed by atoms with van der Waals surface area (Å²) in [6.07, 6.45) is 1.40. The van der Waals surface area contributed by atoms with Crippen LogP contribution in [0, 0.1) is 0 Å². The zero-order valence-corrected chi connectivity index (χ0v) is 13.3. The van der Waals surface area contributed by atoms with Crippen LogP contribution in [0.25, 0.3) is 16.3 Å². The molecule has 0 saturated carbocycles. The molecular formula is C15H17BFNO2S. The molecule has 0 spiro atoms. The number of halogens is 1. The number of rotatable bonds is 2. The first-order valence-electron chi connectivity index (χ1n) is 6.87. The maximum absolute atomic E-state index is 14.4. The molecule has 0 amide bonds. The quantitative estimate of drug-likeness (QED) is 0.778. The third kappa shape index (κ3) is 2.63. The van der Waals surface area contributed by atoms with E-state index in [2.05, 4.69) is 4.98 Å². The molecule has 1 aromatic heterocycles. The van der Waals surface area contributed by atoms with Crippen LogP contribution < -0.4 is 0 Å². The number of hydrogen-bond donors (Lipinski definition) is 0. The van der Waals surface area contributed by atoms with Crippen LogP contribution >= 0.6 is 11.3 Å². The first kappa shape index (κ1) is 14.7. The Morgan fingerprint density at radius 1 is 1.19 bits per heavy atom. The molecular weight excluding hydrogens is 288 g/mol. The molecule has 6 heteroatoms. The van der Waals surface area contributed by atoms with Gasteiger partial charge in [0, 0.05) is 6.08 Å². The summed E-state index contributed by atoms with van der Waals surface area (Å²) in [5.74, 6) is 0. The van der Waals surface area contributed by atoms with E-state index in [0.717, 1.165) is 10.2 Å². The molecule has 0 radical (unpaired) electrons. The average Bonchev–Trinajstić information content (AvgIpc) is 2.87. The third-order valence-electron chi connectivity index (χ3n) is 4.05. The highest BCUT2D eigenvalue weighted by Crippen LogP contribution is 2.39. The van der Waals surface area contributed by atoms with Gasteiger partial charge in [-0.2, -0.15) is 0 Å². The van der Waals surface area contributed by atoms with Crippen molar-refractivity contribution < 1.29 is 13.7 Å². The van der Waals surface area contributed by atoms with E-state index in [0.29, 0.717) is 5.01 Å². The molecule has 110 valence electrons. The van der Waals surface area contributed by atoms with Gasteiger partial charge in [0.2, 0.25) is 0 Å².